The zero-order valence-corrected chi connectivity index (χ0v) is 15.9. The first-order chi connectivity index (χ1) is 13.0. The van der Waals surface area contributed by atoms with Crippen molar-refractivity contribution in [2.45, 2.75) is 26.3 Å². The van der Waals surface area contributed by atoms with Crippen molar-refractivity contribution in [3.05, 3.63) is 78.4 Å². The second-order valence-corrected chi connectivity index (χ2v) is 8.04. The summed E-state index contributed by atoms with van der Waals surface area (Å²) in [5.74, 6) is 0.295. The monoisotopic (exact) mass is 358 g/mol. The van der Waals surface area contributed by atoms with Crippen LogP contribution in [-0.4, -0.2) is 5.91 Å². The first-order valence-corrected chi connectivity index (χ1v) is 9.59. The summed E-state index contributed by atoms with van der Waals surface area (Å²) in [6.07, 6.45) is 0.982. The number of rotatable bonds is 5. The van der Waals surface area contributed by atoms with Gasteiger partial charge in [-0.05, 0) is 46.2 Å². The van der Waals surface area contributed by atoms with Crippen molar-refractivity contribution in [1.29, 1.82) is 0 Å². The van der Waals surface area contributed by atoms with Gasteiger partial charge in [-0.15, -0.1) is 0 Å². The van der Waals surface area contributed by atoms with Crippen molar-refractivity contribution in [1.82, 2.24) is 0 Å². The van der Waals surface area contributed by atoms with Crippen molar-refractivity contribution in [3.63, 3.8) is 0 Å². The van der Waals surface area contributed by atoms with Crippen LogP contribution >= 0.6 is 0 Å². The fraction of sp³-hybridized carbons (Fsp3) is 0.292. The number of carbonyl (C=O) groups excluding carboxylic acids is 1. The van der Waals surface area contributed by atoms with Crippen molar-refractivity contribution >= 4 is 22.4 Å². The van der Waals surface area contributed by atoms with Gasteiger partial charge in [0.15, 0.2) is 0 Å². The predicted molar refractivity (Wildman–Crippen MR) is 111 cm³/mol. The molecule has 0 saturated heterocycles. The van der Waals surface area contributed by atoms with Crippen LogP contribution in [-0.2, 0) is 4.79 Å². The van der Waals surface area contributed by atoms with Gasteiger partial charge in [0.05, 0.1) is 0 Å². The quantitative estimate of drug-likeness (QED) is 0.663. The molecule has 4 rings (SSSR count). The normalized spacial score (nSPS) is 23.6. The van der Waals surface area contributed by atoms with E-state index in [0.29, 0.717) is 5.92 Å². The Morgan fingerprint density at radius 3 is 2.44 bits per heavy atom. The third-order valence-corrected chi connectivity index (χ3v) is 6.25. The number of fused-ring (bicyclic) bond motifs is 1. The van der Waals surface area contributed by atoms with Gasteiger partial charge in [0, 0.05) is 17.6 Å². The maximum absolute atomic E-state index is 12.8. The highest BCUT2D eigenvalue weighted by Gasteiger charge is 2.57. The van der Waals surface area contributed by atoms with Gasteiger partial charge in [-0.25, -0.2) is 0 Å². The molecule has 3 aromatic rings. The molecule has 0 spiro atoms. The number of amides is 1. The van der Waals surface area contributed by atoms with Crippen LogP contribution in [0.15, 0.2) is 72.8 Å². The Labute approximate surface area is 160 Å². The number of nitrogens with two attached hydrogens (primary N) is 1. The van der Waals surface area contributed by atoms with E-state index in [9.17, 15) is 4.79 Å². The topological polar surface area (TPSA) is 55.1 Å². The highest BCUT2D eigenvalue weighted by molar-refractivity contribution is 5.95. The zero-order chi connectivity index (χ0) is 19.0. The smallest absolute Gasteiger partial charge is 0.227 e. The van der Waals surface area contributed by atoms with Crippen molar-refractivity contribution in [3.8, 4) is 0 Å². The van der Waals surface area contributed by atoms with Crippen LogP contribution in [0.5, 0.6) is 0 Å². The molecule has 138 valence electrons. The molecule has 3 N–H and O–H groups in total. The molecule has 0 heterocycles. The lowest BCUT2D eigenvalue weighted by Gasteiger charge is -2.23. The van der Waals surface area contributed by atoms with Crippen LogP contribution in [0.2, 0.25) is 0 Å². The largest absolute Gasteiger partial charge is 0.326 e. The zero-order valence-electron chi connectivity index (χ0n) is 15.9. The molecular weight excluding hydrogens is 332 g/mol. The summed E-state index contributed by atoms with van der Waals surface area (Å²) in [6.45, 7) is 4.22. The van der Waals surface area contributed by atoms with E-state index >= 15 is 0 Å². The summed E-state index contributed by atoms with van der Waals surface area (Å²) in [5.41, 5.74) is 8.51. The molecule has 1 amide bonds. The number of hydrogen-bond acceptors (Lipinski definition) is 2. The summed E-state index contributed by atoms with van der Waals surface area (Å²) in [4.78, 5) is 12.8. The first-order valence-electron chi connectivity index (χ1n) is 9.59. The molecule has 0 aliphatic heterocycles. The Morgan fingerprint density at radius 2 is 1.70 bits per heavy atom. The Bertz CT molecular complexity index is 968. The van der Waals surface area contributed by atoms with E-state index in [2.05, 4.69) is 36.5 Å². The Kier molecular flexibility index (Phi) is 4.48. The fourth-order valence-corrected chi connectivity index (χ4v) is 4.27. The molecule has 0 bridgehead atoms. The molecule has 1 fully saturated rings. The Balaban J connectivity index is 1.45. The maximum atomic E-state index is 12.8. The molecule has 1 aliphatic carbocycles. The van der Waals surface area contributed by atoms with Crippen LogP contribution in [0.4, 0.5) is 5.69 Å². The molecule has 0 aromatic heterocycles. The summed E-state index contributed by atoms with van der Waals surface area (Å²) in [6, 6.07) is 24.4. The standard InChI is InChI=1S/C24H26N2O/c1-16(21-15-24(21,2)22(25)18-9-4-3-5-10-18)23(27)26-20-13-12-17-8-6-7-11-19(17)14-20/h3-14,16,21-22H,15,25H2,1-2H3,(H,26,27)/t16?,21?,22?,24-/m1/s1. The summed E-state index contributed by atoms with van der Waals surface area (Å²) in [5, 5.41) is 5.40. The average molecular weight is 358 g/mol. The third-order valence-electron chi connectivity index (χ3n) is 6.25. The van der Waals surface area contributed by atoms with E-state index < -0.39 is 0 Å². The number of carbonyl (C=O) groups is 1. The Morgan fingerprint density at radius 1 is 1.04 bits per heavy atom. The summed E-state index contributed by atoms with van der Waals surface area (Å²) in [7, 11) is 0. The number of benzene rings is 3. The van der Waals surface area contributed by atoms with Gasteiger partial charge in [0.25, 0.3) is 0 Å². The van der Waals surface area contributed by atoms with Crippen molar-refractivity contribution in [2.75, 3.05) is 5.32 Å². The third kappa shape index (κ3) is 3.35. The number of hydrogen-bond donors (Lipinski definition) is 2. The van der Waals surface area contributed by atoms with Crippen molar-refractivity contribution < 1.29 is 4.79 Å². The molecule has 3 nitrogen and oxygen atoms in total. The van der Waals surface area contributed by atoms with E-state index in [4.69, 9.17) is 5.73 Å². The van der Waals surface area contributed by atoms with Crippen molar-refractivity contribution in [2.24, 2.45) is 23.0 Å². The minimum absolute atomic E-state index is 0.0263. The first kappa shape index (κ1) is 17.7. The average Bonchev–Trinajstić information content (AvgIpc) is 3.40. The van der Waals surface area contributed by atoms with Crippen LogP contribution in [0, 0.1) is 17.3 Å². The second kappa shape index (κ2) is 6.82. The Hall–Kier alpha value is -2.65. The minimum atomic E-state index is -0.0729. The summed E-state index contributed by atoms with van der Waals surface area (Å²) >= 11 is 0. The van der Waals surface area contributed by atoms with Crippen LogP contribution < -0.4 is 11.1 Å². The fourth-order valence-electron chi connectivity index (χ4n) is 4.27. The second-order valence-electron chi connectivity index (χ2n) is 8.04. The number of nitrogens with one attached hydrogen (secondary N) is 1. The minimum Gasteiger partial charge on any atom is -0.326 e. The van der Waals surface area contributed by atoms with E-state index in [1.807, 2.05) is 55.5 Å². The van der Waals surface area contributed by atoms with Gasteiger partial charge in [0.2, 0.25) is 5.91 Å². The molecular formula is C24H26N2O. The van der Waals surface area contributed by atoms with Gasteiger partial charge >= 0.3 is 0 Å². The van der Waals surface area contributed by atoms with E-state index in [1.54, 1.807) is 0 Å². The lowest BCUT2D eigenvalue weighted by Crippen LogP contribution is -2.28. The number of anilines is 1. The molecule has 3 unspecified atom stereocenters. The highest BCUT2D eigenvalue weighted by atomic mass is 16.1. The molecule has 3 heteroatoms. The molecule has 1 saturated carbocycles. The van der Waals surface area contributed by atoms with Gasteiger partial charge < -0.3 is 11.1 Å². The van der Waals surface area contributed by atoms with E-state index in [0.717, 1.165) is 23.1 Å². The van der Waals surface area contributed by atoms with Crippen LogP contribution in [0.1, 0.15) is 31.9 Å². The summed E-state index contributed by atoms with van der Waals surface area (Å²) < 4.78 is 0. The molecule has 4 atom stereocenters. The molecule has 27 heavy (non-hydrogen) atoms. The van der Waals surface area contributed by atoms with Gasteiger partial charge in [-0.1, -0.05) is 74.5 Å². The van der Waals surface area contributed by atoms with Gasteiger partial charge in [0.1, 0.15) is 0 Å². The van der Waals surface area contributed by atoms with E-state index in [1.165, 1.54) is 5.39 Å². The lowest BCUT2D eigenvalue weighted by atomic mass is 9.87. The predicted octanol–water partition coefficient (Wildman–Crippen LogP) is 5.14. The molecule has 1 aliphatic rings. The lowest BCUT2D eigenvalue weighted by molar-refractivity contribution is -0.120. The van der Waals surface area contributed by atoms with Gasteiger partial charge in [-0.2, -0.15) is 0 Å². The van der Waals surface area contributed by atoms with Crippen LogP contribution in [0.3, 0.4) is 0 Å². The van der Waals surface area contributed by atoms with E-state index in [-0.39, 0.29) is 23.3 Å². The SMILES string of the molecule is CC(C(=O)Nc1ccc2ccccc2c1)C1C[C@@]1(C)C(N)c1ccccc1. The molecule has 3 aromatic carbocycles. The highest BCUT2D eigenvalue weighted by Crippen LogP contribution is 2.62. The van der Waals surface area contributed by atoms with Crippen LogP contribution in [0.25, 0.3) is 10.8 Å². The van der Waals surface area contributed by atoms with Gasteiger partial charge in [-0.3, -0.25) is 4.79 Å². The molecule has 0 radical (unpaired) electrons. The maximum Gasteiger partial charge on any atom is 0.227 e.